The van der Waals surface area contributed by atoms with Gasteiger partial charge in [0.2, 0.25) is 0 Å². The Kier molecular flexibility index (Phi) is 4.18. The van der Waals surface area contributed by atoms with Crippen LogP contribution < -0.4 is 10.5 Å². The van der Waals surface area contributed by atoms with Crippen LogP contribution in [0.4, 0.5) is 0 Å². The molecule has 4 heteroatoms. The largest absolute Gasteiger partial charge is 0.493 e. The monoisotopic (exact) mass is 273 g/mol. The first-order valence-electron chi connectivity index (χ1n) is 5.93. The van der Waals surface area contributed by atoms with Gasteiger partial charge in [0, 0.05) is 22.0 Å². The van der Waals surface area contributed by atoms with E-state index in [4.69, 9.17) is 33.7 Å². The van der Waals surface area contributed by atoms with E-state index in [2.05, 4.69) is 0 Å². The highest BCUT2D eigenvalue weighted by Crippen LogP contribution is 2.38. The predicted molar refractivity (Wildman–Crippen MR) is 71.9 cm³/mol. The summed E-state index contributed by atoms with van der Waals surface area (Å²) in [5.74, 6) is 0.724. The number of nitrogens with two attached hydrogens (primary N) is 1. The fraction of sp³-hybridized carbons (Fsp3) is 0.538. The van der Waals surface area contributed by atoms with Crippen LogP contribution in [0.25, 0.3) is 0 Å². The maximum Gasteiger partial charge on any atom is 0.122 e. The van der Waals surface area contributed by atoms with Gasteiger partial charge in [0.1, 0.15) is 5.75 Å². The molecule has 2 N–H and O–H groups in total. The van der Waals surface area contributed by atoms with Gasteiger partial charge in [-0.2, -0.15) is 0 Å². The molecular formula is C13H17Cl2NO. The van der Waals surface area contributed by atoms with E-state index in [1.807, 2.05) is 0 Å². The van der Waals surface area contributed by atoms with Crippen molar-refractivity contribution in [2.24, 2.45) is 11.1 Å². The summed E-state index contributed by atoms with van der Waals surface area (Å²) in [5.41, 5.74) is 6.01. The first-order valence-corrected chi connectivity index (χ1v) is 6.68. The summed E-state index contributed by atoms with van der Waals surface area (Å²) >= 11 is 11.8. The van der Waals surface area contributed by atoms with Crippen molar-refractivity contribution in [1.82, 2.24) is 0 Å². The fourth-order valence-corrected chi connectivity index (χ4v) is 2.89. The highest BCUT2D eigenvalue weighted by atomic mass is 35.5. The quantitative estimate of drug-likeness (QED) is 0.904. The lowest BCUT2D eigenvalue weighted by atomic mass is 9.87. The standard InChI is InChI=1S/C13H17Cl2NO/c14-10-5-11(15)7-12(6-10)17-9-13(8-16)3-1-2-4-13/h5-7H,1-4,8-9,16H2. The predicted octanol–water partition coefficient (Wildman–Crippen LogP) is 3.89. The Labute approximate surface area is 112 Å². The summed E-state index contributed by atoms with van der Waals surface area (Å²) in [4.78, 5) is 0. The van der Waals surface area contributed by atoms with Gasteiger partial charge in [-0.15, -0.1) is 0 Å². The van der Waals surface area contributed by atoms with E-state index in [9.17, 15) is 0 Å². The number of halogens is 2. The lowest BCUT2D eigenvalue weighted by molar-refractivity contribution is 0.157. The maximum atomic E-state index is 5.92. The molecule has 1 aromatic rings. The summed E-state index contributed by atoms with van der Waals surface area (Å²) in [6.45, 7) is 1.33. The van der Waals surface area contributed by atoms with Crippen LogP contribution in [0.2, 0.25) is 10.0 Å². The van der Waals surface area contributed by atoms with Crippen LogP contribution in [0.5, 0.6) is 5.75 Å². The molecule has 1 aromatic carbocycles. The molecule has 0 amide bonds. The Bertz CT molecular complexity index is 369. The van der Waals surface area contributed by atoms with Gasteiger partial charge in [-0.05, 0) is 31.0 Å². The highest BCUT2D eigenvalue weighted by molar-refractivity contribution is 6.34. The molecule has 94 valence electrons. The molecule has 17 heavy (non-hydrogen) atoms. The van der Waals surface area contributed by atoms with Crippen LogP contribution >= 0.6 is 23.2 Å². The van der Waals surface area contributed by atoms with Crippen molar-refractivity contribution >= 4 is 23.2 Å². The summed E-state index contributed by atoms with van der Waals surface area (Å²) in [5, 5.41) is 1.20. The average Bonchev–Trinajstić information content (AvgIpc) is 2.74. The van der Waals surface area contributed by atoms with Gasteiger partial charge in [-0.1, -0.05) is 36.0 Å². The first-order chi connectivity index (χ1) is 8.13. The van der Waals surface area contributed by atoms with Crippen molar-refractivity contribution in [3.05, 3.63) is 28.2 Å². The van der Waals surface area contributed by atoms with Gasteiger partial charge in [0.25, 0.3) is 0 Å². The molecule has 0 aromatic heterocycles. The molecule has 0 saturated heterocycles. The number of benzene rings is 1. The van der Waals surface area contributed by atoms with Crippen LogP contribution in [0, 0.1) is 5.41 Å². The van der Waals surface area contributed by atoms with Gasteiger partial charge in [0.05, 0.1) is 6.61 Å². The van der Waals surface area contributed by atoms with E-state index >= 15 is 0 Å². The van der Waals surface area contributed by atoms with Crippen molar-refractivity contribution in [2.45, 2.75) is 25.7 Å². The van der Waals surface area contributed by atoms with Gasteiger partial charge < -0.3 is 10.5 Å². The van der Waals surface area contributed by atoms with E-state index in [1.165, 1.54) is 12.8 Å². The highest BCUT2D eigenvalue weighted by Gasteiger charge is 2.33. The second kappa shape index (κ2) is 5.47. The molecule has 1 aliphatic carbocycles. The SMILES string of the molecule is NCC1(COc2cc(Cl)cc(Cl)c2)CCCC1. The van der Waals surface area contributed by atoms with Crippen LogP contribution in [-0.2, 0) is 0 Å². The molecule has 2 nitrogen and oxygen atoms in total. The zero-order valence-electron chi connectivity index (χ0n) is 9.72. The molecule has 0 heterocycles. The lowest BCUT2D eigenvalue weighted by Crippen LogP contribution is -2.33. The van der Waals surface area contributed by atoms with Crippen molar-refractivity contribution in [2.75, 3.05) is 13.2 Å². The third-order valence-electron chi connectivity index (χ3n) is 3.48. The third kappa shape index (κ3) is 3.27. The first kappa shape index (κ1) is 13.0. The van der Waals surface area contributed by atoms with Crippen LogP contribution in [0.1, 0.15) is 25.7 Å². The van der Waals surface area contributed by atoms with E-state index in [0.717, 1.165) is 18.6 Å². The summed E-state index contributed by atoms with van der Waals surface area (Å²) in [6.07, 6.45) is 4.79. The molecule has 1 saturated carbocycles. The summed E-state index contributed by atoms with van der Waals surface area (Å²) in [7, 11) is 0. The Morgan fingerprint density at radius 1 is 1.12 bits per heavy atom. The lowest BCUT2D eigenvalue weighted by Gasteiger charge is -2.27. The van der Waals surface area contributed by atoms with E-state index in [-0.39, 0.29) is 5.41 Å². The van der Waals surface area contributed by atoms with Crippen molar-refractivity contribution in [3.63, 3.8) is 0 Å². The van der Waals surface area contributed by atoms with Crippen LogP contribution in [-0.4, -0.2) is 13.2 Å². The zero-order valence-corrected chi connectivity index (χ0v) is 11.2. The second-order valence-corrected chi connectivity index (χ2v) is 5.68. The van der Waals surface area contributed by atoms with Gasteiger partial charge >= 0.3 is 0 Å². The molecule has 0 spiro atoms. The van der Waals surface area contributed by atoms with Crippen molar-refractivity contribution < 1.29 is 4.74 Å². The molecule has 0 atom stereocenters. The summed E-state index contributed by atoms with van der Waals surface area (Å²) < 4.78 is 5.80. The summed E-state index contributed by atoms with van der Waals surface area (Å²) in [6, 6.07) is 5.27. The van der Waals surface area contributed by atoms with E-state index in [0.29, 0.717) is 23.2 Å². The van der Waals surface area contributed by atoms with Crippen LogP contribution in [0.15, 0.2) is 18.2 Å². The van der Waals surface area contributed by atoms with Gasteiger partial charge in [-0.3, -0.25) is 0 Å². The minimum Gasteiger partial charge on any atom is -0.493 e. The minimum absolute atomic E-state index is 0.148. The van der Waals surface area contributed by atoms with E-state index < -0.39 is 0 Å². The third-order valence-corrected chi connectivity index (χ3v) is 3.91. The molecule has 0 bridgehead atoms. The van der Waals surface area contributed by atoms with Gasteiger partial charge in [0.15, 0.2) is 0 Å². The van der Waals surface area contributed by atoms with Crippen LogP contribution in [0.3, 0.4) is 0 Å². The molecule has 0 aliphatic heterocycles. The Morgan fingerprint density at radius 3 is 2.24 bits per heavy atom. The Balaban J connectivity index is 2.01. The number of hydrogen-bond acceptors (Lipinski definition) is 2. The van der Waals surface area contributed by atoms with Crippen molar-refractivity contribution in [3.8, 4) is 5.75 Å². The number of ether oxygens (including phenoxy) is 1. The molecule has 2 rings (SSSR count). The topological polar surface area (TPSA) is 35.2 Å². The average molecular weight is 274 g/mol. The van der Waals surface area contributed by atoms with E-state index in [1.54, 1.807) is 18.2 Å². The maximum absolute atomic E-state index is 5.92. The smallest absolute Gasteiger partial charge is 0.122 e. The molecular weight excluding hydrogens is 257 g/mol. The fourth-order valence-electron chi connectivity index (χ4n) is 2.38. The molecule has 1 fully saturated rings. The normalized spacial score (nSPS) is 18.3. The second-order valence-electron chi connectivity index (χ2n) is 4.81. The number of rotatable bonds is 4. The van der Waals surface area contributed by atoms with Gasteiger partial charge in [-0.25, -0.2) is 0 Å². The Hall–Kier alpha value is -0.440. The minimum atomic E-state index is 0.148. The number of hydrogen-bond donors (Lipinski definition) is 1. The molecule has 1 aliphatic rings. The van der Waals surface area contributed by atoms with Crippen molar-refractivity contribution in [1.29, 1.82) is 0 Å². The zero-order chi connectivity index (χ0) is 12.3. The Morgan fingerprint density at radius 2 is 1.71 bits per heavy atom. The molecule has 0 unspecified atom stereocenters. The molecule has 0 radical (unpaired) electrons.